The van der Waals surface area contributed by atoms with E-state index in [0.29, 0.717) is 32.8 Å². The highest BCUT2D eigenvalue weighted by molar-refractivity contribution is 5.81. The summed E-state index contributed by atoms with van der Waals surface area (Å²) in [4.78, 5) is 26.5. The third-order valence-corrected chi connectivity index (χ3v) is 2.82. The van der Waals surface area contributed by atoms with Crippen LogP contribution in [0.4, 0.5) is 0 Å². The number of rotatable bonds is 5. The molecular formula is C11H21N3O3. The first-order valence-corrected chi connectivity index (χ1v) is 5.95. The Hall–Kier alpha value is -1.14. The van der Waals surface area contributed by atoms with Gasteiger partial charge in [0.25, 0.3) is 0 Å². The standard InChI is InChI=1S/C11H21N3O3/c1-3-13(2)10(15)8-12-9-11(16)14-4-6-17-7-5-14/h12H,3-9H2,1-2H3. The maximum Gasteiger partial charge on any atom is 0.236 e. The summed E-state index contributed by atoms with van der Waals surface area (Å²) in [5.74, 6) is 0.0301. The number of carbonyl (C=O) groups excluding carboxylic acids is 2. The van der Waals surface area contributed by atoms with Crippen molar-refractivity contribution in [2.45, 2.75) is 6.92 Å². The van der Waals surface area contributed by atoms with Gasteiger partial charge in [0.15, 0.2) is 0 Å². The Morgan fingerprint density at radius 2 is 1.94 bits per heavy atom. The molecule has 0 aromatic carbocycles. The van der Waals surface area contributed by atoms with Gasteiger partial charge in [0.2, 0.25) is 11.8 Å². The molecule has 1 fully saturated rings. The van der Waals surface area contributed by atoms with Gasteiger partial charge in [0.05, 0.1) is 26.3 Å². The zero-order chi connectivity index (χ0) is 12.7. The lowest BCUT2D eigenvalue weighted by molar-refractivity contribution is -0.134. The number of morpholine rings is 1. The molecule has 1 rings (SSSR count). The lowest BCUT2D eigenvalue weighted by atomic mass is 10.4. The van der Waals surface area contributed by atoms with Crippen LogP contribution in [0.2, 0.25) is 0 Å². The number of nitrogens with one attached hydrogen (secondary N) is 1. The second kappa shape index (κ2) is 7.24. The average Bonchev–Trinajstić information content (AvgIpc) is 2.38. The van der Waals surface area contributed by atoms with E-state index in [1.54, 1.807) is 16.8 Å². The van der Waals surface area contributed by atoms with Crippen LogP contribution in [0.1, 0.15) is 6.92 Å². The highest BCUT2D eigenvalue weighted by atomic mass is 16.5. The van der Waals surface area contributed by atoms with Crippen molar-refractivity contribution in [3.8, 4) is 0 Å². The van der Waals surface area contributed by atoms with Crippen LogP contribution in [0.5, 0.6) is 0 Å². The van der Waals surface area contributed by atoms with Crippen molar-refractivity contribution in [2.75, 3.05) is 53.0 Å². The zero-order valence-corrected chi connectivity index (χ0v) is 10.6. The van der Waals surface area contributed by atoms with Crippen LogP contribution < -0.4 is 5.32 Å². The quantitative estimate of drug-likeness (QED) is 0.667. The number of hydrogen-bond acceptors (Lipinski definition) is 4. The highest BCUT2D eigenvalue weighted by Crippen LogP contribution is 1.96. The van der Waals surface area contributed by atoms with Gasteiger partial charge >= 0.3 is 0 Å². The summed E-state index contributed by atoms with van der Waals surface area (Å²) in [6.45, 7) is 5.50. The maximum absolute atomic E-state index is 11.7. The Kier molecular flexibility index (Phi) is 5.93. The van der Waals surface area contributed by atoms with Crippen molar-refractivity contribution in [1.29, 1.82) is 0 Å². The molecule has 1 aliphatic rings. The molecule has 0 unspecified atom stereocenters. The third-order valence-electron chi connectivity index (χ3n) is 2.82. The predicted molar refractivity (Wildman–Crippen MR) is 63.6 cm³/mol. The van der Waals surface area contributed by atoms with Crippen molar-refractivity contribution >= 4 is 11.8 Å². The fourth-order valence-electron chi connectivity index (χ4n) is 1.51. The number of amides is 2. The van der Waals surface area contributed by atoms with Crippen molar-refractivity contribution in [2.24, 2.45) is 0 Å². The molecule has 1 N–H and O–H groups in total. The highest BCUT2D eigenvalue weighted by Gasteiger charge is 2.16. The molecule has 17 heavy (non-hydrogen) atoms. The summed E-state index contributed by atoms with van der Waals surface area (Å²) in [5, 5.41) is 2.87. The Morgan fingerprint density at radius 1 is 1.29 bits per heavy atom. The molecule has 1 aliphatic heterocycles. The topological polar surface area (TPSA) is 61.9 Å². The van der Waals surface area contributed by atoms with Crippen LogP contribution in [-0.4, -0.2) is 74.6 Å². The van der Waals surface area contributed by atoms with Crippen LogP contribution in [-0.2, 0) is 14.3 Å². The molecule has 6 heteroatoms. The minimum absolute atomic E-state index is 0.00211. The van der Waals surface area contributed by atoms with Crippen molar-refractivity contribution in [3.05, 3.63) is 0 Å². The van der Waals surface area contributed by atoms with Gasteiger partial charge < -0.3 is 14.5 Å². The Bertz CT molecular complexity index is 265. The lowest BCUT2D eigenvalue weighted by Gasteiger charge is -2.27. The number of carbonyl (C=O) groups is 2. The number of hydrogen-bond donors (Lipinski definition) is 1. The fourth-order valence-corrected chi connectivity index (χ4v) is 1.51. The molecule has 0 radical (unpaired) electrons. The third kappa shape index (κ3) is 4.70. The zero-order valence-electron chi connectivity index (χ0n) is 10.6. The number of ether oxygens (including phenoxy) is 1. The molecule has 0 aliphatic carbocycles. The van der Waals surface area contributed by atoms with Gasteiger partial charge in [0.1, 0.15) is 0 Å². The van der Waals surface area contributed by atoms with Crippen molar-refractivity contribution < 1.29 is 14.3 Å². The second-order valence-electron chi connectivity index (χ2n) is 4.00. The molecular weight excluding hydrogens is 222 g/mol. The minimum atomic E-state index is 0.00211. The first-order valence-electron chi connectivity index (χ1n) is 5.95. The normalized spacial score (nSPS) is 15.8. The van der Waals surface area contributed by atoms with Gasteiger partial charge in [0, 0.05) is 26.7 Å². The molecule has 0 saturated carbocycles. The van der Waals surface area contributed by atoms with Gasteiger partial charge in [-0.2, -0.15) is 0 Å². The van der Waals surface area contributed by atoms with Crippen molar-refractivity contribution in [3.63, 3.8) is 0 Å². The first-order chi connectivity index (χ1) is 8.15. The van der Waals surface area contributed by atoms with Crippen LogP contribution in [0.25, 0.3) is 0 Å². The molecule has 0 aromatic rings. The van der Waals surface area contributed by atoms with Crippen LogP contribution in [0, 0.1) is 0 Å². The Morgan fingerprint density at radius 3 is 2.53 bits per heavy atom. The van der Waals surface area contributed by atoms with Crippen LogP contribution >= 0.6 is 0 Å². The van der Waals surface area contributed by atoms with E-state index in [-0.39, 0.29) is 24.9 Å². The van der Waals surface area contributed by atoms with E-state index in [1.807, 2.05) is 6.92 Å². The van der Waals surface area contributed by atoms with E-state index in [4.69, 9.17) is 4.74 Å². The molecule has 6 nitrogen and oxygen atoms in total. The molecule has 0 atom stereocenters. The average molecular weight is 243 g/mol. The molecule has 0 spiro atoms. The van der Waals surface area contributed by atoms with E-state index in [0.717, 1.165) is 0 Å². The number of likely N-dealkylation sites (N-methyl/N-ethyl adjacent to an activating group) is 1. The summed E-state index contributed by atoms with van der Waals surface area (Å²) >= 11 is 0. The minimum Gasteiger partial charge on any atom is -0.378 e. The summed E-state index contributed by atoms with van der Waals surface area (Å²) in [5.41, 5.74) is 0. The largest absolute Gasteiger partial charge is 0.378 e. The predicted octanol–water partition coefficient (Wildman–Crippen LogP) is -1.09. The van der Waals surface area contributed by atoms with Crippen molar-refractivity contribution in [1.82, 2.24) is 15.1 Å². The van der Waals surface area contributed by atoms with Gasteiger partial charge in [-0.15, -0.1) is 0 Å². The van der Waals surface area contributed by atoms with E-state index >= 15 is 0 Å². The van der Waals surface area contributed by atoms with E-state index in [2.05, 4.69) is 5.32 Å². The van der Waals surface area contributed by atoms with Gasteiger partial charge in [-0.1, -0.05) is 0 Å². The van der Waals surface area contributed by atoms with Crippen LogP contribution in [0.3, 0.4) is 0 Å². The lowest BCUT2D eigenvalue weighted by Crippen LogP contribution is -2.46. The summed E-state index contributed by atoms with van der Waals surface area (Å²) in [6.07, 6.45) is 0. The maximum atomic E-state index is 11.7. The Balaban J connectivity index is 2.17. The molecule has 0 bridgehead atoms. The first kappa shape index (κ1) is 13.9. The second-order valence-corrected chi connectivity index (χ2v) is 4.00. The SMILES string of the molecule is CCN(C)C(=O)CNCC(=O)N1CCOCC1. The monoisotopic (exact) mass is 243 g/mol. The van der Waals surface area contributed by atoms with Crippen LogP contribution in [0.15, 0.2) is 0 Å². The van der Waals surface area contributed by atoms with E-state index < -0.39 is 0 Å². The summed E-state index contributed by atoms with van der Waals surface area (Å²) in [7, 11) is 1.74. The molecule has 2 amide bonds. The number of nitrogens with zero attached hydrogens (tertiary/aromatic N) is 2. The molecule has 1 saturated heterocycles. The van der Waals surface area contributed by atoms with Gasteiger partial charge in [-0.3, -0.25) is 14.9 Å². The summed E-state index contributed by atoms with van der Waals surface area (Å²) in [6, 6.07) is 0. The molecule has 98 valence electrons. The fraction of sp³-hybridized carbons (Fsp3) is 0.818. The van der Waals surface area contributed by atoms with Gasteiger partial charge in [-0.25, -0.2) is 0 Å². The Labute approximate surface area is 102 Å². The molecule has 0 aromatic heterocycles. The van der Waals surface area contributed by atoms with E-state index in [9.17, 15) is 9.59 Å². The summed E-state index contributed by atoms with van der Waals surface area (Å²) < 4.78 is 5.16. The smallest absolute Gasteiger partial charge is 0.236 e. The van der Waals surface area contributed by atoms with E-state index in [1.165, 1.54) is 0 Å². The van der Waals surface area contributed by atoms with Gasteiger partial charge in [-0.05, 0) is 6.92 Å². The molecule has 1 heterocycles.